The predicted octanol–water partition coefficient (Wildman–Crippen LogP) is 2.68. The molecule has 9 nitrogen and oxygen atoms in total. The maximum absolute atomic E-state index is 5.89. The van der Waals surface area contributed by atoms with E-state index in [-0.39, 0.29) is 17.9 Å². The van der Waals surface area contributed by atoms with Gasteiger partial charge in [0.15, 0.2) is 0 Å². The molecule has 0 bridgehead atoms. The summed E-state index contributed by atoms with van der Waals surface area (Å²) in [5.74, 6) is 1.32. The quantitative estimate of drug-likeness (QED) is 0.609. The molecule has 2 unspecified atom stereocenters. The molecule has 3 fully saturated rings. The van der Waals surface area contributed by atoms with Crippen LogP contribution in [0.1, 0.15) is 37.5 Å². The van der Waals surface area contributed by atoms with E-state index >= 15 is 0 Å². The summed E-state index contributed by atoms with van der Waals surface area (Å²) in [6.45, 7) is 4.26. The van der Waals surface area contributed by atoms with Crippen LogP contribution in [0, 0.1) is 0 Å². The van der Waals surface area contributed by atoms with Gasteiger partial charge in [0, 0.05) is 31.2 Å². The smallest absolute Gasteiger partial charge is 0.230 e. The summed E-state index contributed by atoms with van der Waals surface area (Å²) in [7, 11) is 0. The fourth-order valence-corrected chi connectivity index (χ4v) is 5.66. The maximum Gasteiger partial charge on any atom is 0.230 e. The van der Waals surface area contributed by atoms with Crippen LogP contribution in [-0.2, 0) is 15.0 Å². The number of fused-ring (bicyclic) bond motifs is 6. The van der Waals surface area contributed by atoms with Crippen molar-refractivity contribution >= 4 is 28.5 Å². The summed E-state index contributed by atoms with van der Waals surface area (Å²) < 4.78 is 13.8. The second-order valence-corrected chi connectivity index (χ2v) is 9.29. The van der Waals surface area contributed by atoms with E-state index in [0.29, 0.717) is 5.95 Å². The lowest BCUT2D eigenvalue weighted by Gasteiger charge is -2.32. The Hall–Kier alpha value is -2.75. The van der Waals surface area contributed by atoms with Gasteiger partial charge in [-0.05, 0) is 31.0 Å². The minimum atomic E-state index is 0.0809. The highest BCUT2D eigenvalue weighted by molar-refractivity contribution is 5.79. The predicted molar refractivity (Wildman–Crippen MR) is 120 cm³/mol. The van der Waals surface area contributed by atoms with Crippen molar-refractivity contribution in [2.24, 2.45) is 0 Å². The standard InChI is InChI=1S/C23H27N7O2/c1-2-6-23(5-1)14-26-21-19(32-21)17-11-15-12-25-22(28-20(15)30(17)23)27-18-4-3-16(13-24-18)29-7-9-31-10-8-29/h3-4,11-13,19,21,26H,1-2,5-10,14H2,(H,24,25,27,28). The summed E-state index contributed by atoms with van der Waals surface area (Å²) in [6.07, 6.45) is 8.94. The van der Waals surface area contributed by atoms with Gasteiger partial charge < -0.3 is 24.3 Å². The second-order valence-electron chi connectivity index (χ2n) is 9.29. The van der Waals surface area contributed by atoms with Crippen molar-refractivity contribution in [2.75, 3.05) is 43.1 Å². The number of ether oxygens (including phenoxy) is 2. The topological polar surface area (TPSA) is 92.7 Å². The van der Waals surface area contributed by atoms with Gasteiger partial charge >= 0.3 is 0 Å². The number of pyridine rings is 1. The van der Waals surface area contributed by atoms with Crippen molar-refractivity contribution in [3.05, 3.63) is 36.3 Å². The zero-order valence-electron chi connectivity index (χ0n) is 18.0. The number of nitrogens with one attached hydrogen (secondary N) is 2. The molecular weight excluding hydrogens is 406 g/mol. The Labute approximate surface area is 186 Å². The lowest BCUT2D eigenvalue weighted by Crippen LogP contribution is -2.41. The molecule has 1 spiro atoms. The largest absolute Gasteiger partial charge is 0.378 e. The van der Waals surface area contributed by atoms with Crippen molar-refractivity contribution < 1.29 is 9.47 Å². The molecule has 2 atom stereocenters. The van der Waals surface area contributed by atoms with Gasteiger partial charge in [-0.2, -0.15) is 4.98 Å². The fraction of sp³-hybridized carbons (Fsp3) is 0.522. The molecule has 6 heterocycles. The van der Waals surface area contributed by atoms with Gasteiger partial charge in [0.25, 0.3) is 0 Å². The Kier molecular flexibility index (Phi) is 4.18. The van der Waals surface area contributed by atoms with E-state index in [2.05, 4.69) is 42.2 Å². The summed E-state index contributed by atoms with van der Waals surface area (Å²) >= 11 is 0. The van der Waals surface area contributed by atoms with Crippen LogP contribution < -0.4 is 15.5 Å². The van der Waals surface area contributed by atoms with Crippen molar-refractivity contribution in [1.29, 1.82) is 0 Å². The third-order valence-corrected chi connectivity index (χ3v) is 7.36. The Morgan fingerprint density at radius 3 is 2.78 bits per heavy atom. The molecule has 1 saturated carbocycles. The zero-order valence-corrected chi connectivity index (χ0v) is 18.0. The fourth-order valence-electron chi connectivity index (χ4n) is 5.66. The molecule has 1 aliphatic carbocycles. The third kappa shape index (κ3) is 2.99. The normalized spacial score (nSPS) is 26.1. The van der Waals surface area contributed by atoms with Crippen molar-refractivity contribution in [3.63, 3.8) is 0 Å². The summed E-state index contributed by atoms with van der Waals surface area (Å²) in [5.41, 5.74) is 3.41. The Balaban J connectivity index is 1.21. The van der Waals surface area contributed by atoms with E-state index in [1.807, 2.05) is 18.5 Å². The van der Waals surface area contributed by atoms with E-state index in [0.717, 1.165) is 55.4 Å². The maximum atomic E-state index is 5.89. The average Bonchev–Trinajstić information content (AvgIpc) is 3.31. The average molecular weight is 434 g/mol. The first kappa shape index (κ1) is 18.8. The summed E-state index contributed by atoms with van der Waals surface area (Å²) in [5, 5.41) is 7.99. The minimum absolute atomic E-state index is 0.0809. The SMILES string of the molecule is c1cc(Nc2ncc3cc4n(c3n2)C2(CCCC2)CNC2OC42)ncc1N1CCOCC1. The lowest BCUT2D eigenvalue weighted by atomic mass is 9.97. The molecule has 2 N–H and O–H groups in total. The Morgan fingerprint density at radius 1 is 1.09 bits per heavy atom. The molecular formula is C23H27N7O2. The van der Waals surface area contributed by atoms with Crippen LogP contribution in [0.4, 0.5) is 17.5 Å². The van der Waals surface area contributed by atoms with E-state index < -0.39 is 0 Å². The molecule has 0 aromatic carbocycles. The molecule has 32 heavy (non-hydrogen) atoms. The zero-order chi connectivity index (χ0) is 21.1. The molecule has 166 valence electrons. The van der Waals surface area contributed by atoms with Crippen LogP contribution in [0.5, 0.6) is 0 Å². The molecule has 3 aromatic heterocycles. The third-order valence-electron chi connectivity index (χ3n) is 7.36. The highest BCUT2D eigenvalue weighted by atomic mass is 16.6. The number of hydrogen-bond acceptors (Lipinski definition) is 8. The lowest BCUT2D eigenvalue weighted by molar-refractivity contribution is 0.122. The monoisotopic (exact) mass is 433 g/mol. The number of epoxide rings is 1. The van der Waals surface area contributed by atoms with Crippen LogP contribution >= 0.6 is 0 Å². The first-order chi connectivity index (χ1) is 15.8. The van der Waals surface area contributed by atoms with E-state index in [1.54, 1.807) is 0 Å². The highest BCUT2D eigenvalue weighted by Gasteiger charge is 2.51. The van der Waals surface area contributed by atoms with Crippen LogP contribution in [0.2, 0.25) is 0 Å². The molecule has 3 aliphatic heterocycles. The van der Waals surface area contributed by atoms with E-state index in [9.17, 15) is 0 Å². The molecule has 3 aromatic rings. The Morgan fingerprint density at radius 2 is 1.97 bits per heavy atom. The van der Waals surface area contributed by atoms with Gasteiger partial charge in [-0.3, -0.25) is 5.32 Å². The van der Waals surface area contributed by atoms with Crippen molar-refractivity contribution in [3.8, 4) is 0 Å². The number of anilines is 3. The second kappa shape index (κ2) is 7.13. The Bertz CT molecular complexity index is 1150. The van der Waals surface area contributed by atoms with Crippen molar-refractivity contribution in [2.45, 2.75) is 43.6 Å². The van der Waals surface area contributed by atoms with Crippen LogP contribution in [0.15, 0.2) is 30.6 Å². The molecule has 7 rings (SSSR count). The number of morpholine rings is 1. The first-order valence-corrected chi connectivity index (χ1v) is 11.6. The summed E-state index contributed by atoms with van der Waals surface area (Å²) in [4.78, 5) is 16.4. The number of nitrogens with zero attached hydrogens (tertiary/aromatic N) is 5. The van der Waals surface area contributed by atoms with E-state index in [4.69, 9.17) is 14.5 Å². The van der Waals surface area contributed by atoms with Gasteiger partial charge in [0.1, 0.15) is 23.8 Å². The molecule has 4 aliphatic rings. The number of rotatable bonds is 3. The van der Waals surface area contributed by atoms with Crippen LogP contribution in [-0.4, -0.2) is 58.6 Å². The van der Waals surface area contributed by atoms with Crippen molar-refractivity contribution in [1.82, 2.24) is 24.8 Å². The van der Waals surface area contributed by atoms with Gasteiger partial charge in [-0.1, -0.05) is 12.8 Å². The molecule has 0 amide bonds. The number of hydrogen-bond donors (Lipinski definition) is 2. The number of aromatic nitrogens is 4. The minimum Gasteiger partial charge on any atom is -0.378 e. The van der Waals surface area contributed by atoms with Crippen LogP contribution in [0.25, 0.3) is 11.0 Å². The molecule has 0 radical (unpaired) electrons. The van der Waals surface area contributed by atoms with Gasteiger partial charge in [-0.15, -0.1) is 0 Å². The van der Waals surface area contributed by atoms with Gasteiger partial charge in [-0.25, -0.2) is 9.97 Å². The first-order valence-electron chi connectivity index (χ1n) is 11.6. The van der Waals surface area contributed by atoms with Gasteiger partial charge in [0.2, 0.25) is 5.95 Å². The molecule has 9 heteroatoms. The van der Waals surface area contributed by atoms with Gasteiger partial charge in [0.05, 0.1) is 36.3 Å². The molecule has 2 saturated heterocycles. The van der Waals surface area contributed by atoms with Crippen LogP contribution in [0.3, 0.4) is 0 Å². The highest BCUT2D eigenvalue weighted by Crippen LogP contribution is 2.48. The summed E-state index contributed by atoms with van der Waals surface area (Å²) in [6, 6.07) is 6.29. The van der Waals surface area contributed by atoms with E-state index in [1.165, 1.54) is 31.4 Å².